The second-order valence-corrected chi connectivity index (χ2v) is 6.29. The van der Waals surface area contributed by atoms with E-state index in [2.05, 4.69) is 32.2 Å². The van der Waals surface area contributed by atoms with Crippen molar-refractivity contribution in [3.8, 4) is 0 Å². The lowest BCUT2D eigenvalue weighted by Gasteiger charge is -2.18. The van der Waals surface area contributed by atoms with Crippen LogP contribution < -0.4 is 5.32 Å². The molecule has 1 N–H and O–H groups in total. The zero-order valence-corrected chi connectivity index (χ0v) is 13.7. The molecule has 1 nitrogen and oxygen atoms in total. The van der Waals surface area contributed by atoms with Crippen molar-refractivity contribution >= 4 is 23.2 Å². The topological polar surface area (TPSA) is 12.0 Å². The molecule has 0 bridgehead atoms. The minimum absolute atomic E-state index is 0.369. The van der Waals surface area contributed by atoms with Crippen LogP contribution >= 0.6 is 23.2 Å². The van der Waals surface area contributed by atoms with Crippen molar-refractivity contribution in [3.63, 3.8) is 0 Å². The minimum Gasteiger partial charge on any atom is -0.310 e. The van der Waals surface area contributed by atoms with Crippen molar-refractivity contribution in [2.24, 2.45) is 5.92 Å². The van der Waals surface area contributed by atoms with Gasteiger partial charge in [-0.15, -0.1) is 0 Å². The number of unbranched alkanes of at least 4 members (excludes halogenated alkanes) is 1. The van der Waals surface area contributed by atoms with Crippen molar-refractivity contribution in [1.29, 1.82) is 0 Å². The summed E-state index contributed by atoms with van der Waals surface area (Å²) in [6.45, 7) is 7.80. The summed E-state index contributed by atoms with van der Waals surface area (Å²) in [5.74, 6) is 0.803. The predicted octanol–water partition coefficient (Wildman–Crippen LogP) is 5.86. The van der Waals surface area contributed by atoms with Crippen molar-refractivity contribution in [1.82, 2.24) is 5.32 Å². The Morgan fingerprint density at radius 3 is 2.42 bits per heavy atom. The summed E-state index contributed by atoms with van der Waals surface area (Å²) in [6, 6.07) is 6.28. The summed E-state index contributed by atoms with van der Waals surface area (Å²) in [4.78, 5) is 0. The maximum atomic E-state index is 6.07. The third-order valence-electron chi connectivity index (χ3n) is 3.35. The van der Waals surface area contributed by atoms with E-state index in [4.69, 9.17) is 23.2 Å². The highest BCUT2D eigenvalue weighted by atomic mass is 35.5. The SMILES string of the molecule is CCC(NCCCCC(C)C)c1ccc(Cl)c(Cl)c1. The average Bonchev–Trinajstić information content (AvgIpc) is 2.37. The van der Waals surface area contributed by atoms with Crippen molar-refractivity contribution in [2.45, 2.75) is 52.5 Å². The second-order valence-electron chi connectivity index (χ2n) is 5.48. The van der Waals surface area contributed by atoms with E-state index in [9.17, 15) is 0 Å². The van der Waals surface area contributed by atoms with E-state index in [1.165, 1.54) is 24.8 Å². The van der Waals surface area contributed by atoms with E-state index in [1.54, 1.807) is 0 Å². The van der Waals surface area contributed by atoms with Gasteiger partial charge in [0.1, 0.15) is 0 Å². The van der Waals surface area contributed by atoms with Gasteiger partial charge in [0.05, 0.1) is 10.0 Å². The van der Waals surface area contributed by atoms with Crippen LogP contribution in [0.4, 0.5) is 0 Å². The second kappa shape index (κ2) is 8.84. The minimum atomic E-state index is 0.369. The average molecular weight is 302 g/mol. The van der Waals surface area contributed by atoms with Crippen molar-refractivity contribution in [3.05, 3.63) is 33.8 Å². The van der Waals surface area contributed by atoms with E-state index >= 15 is 0 Å². The van der Waals surface area contributed by atoms with Crippen LogP contribution in [-0.2, 0) is 0 Å². The van der Waals surface area contributed by atoms with Crippen LogP contribution in [0.25, 0.3) is 0 Å². The summed E-state index contributed by atoms with van der Waals surface area (Å²) in [6.07, 6.45) is 4.89. The van der Waals surface area contributed by atoms with Gasteiger partial charge >= 0.3 is 0 Å². The van der Waals surface area contributed by atoms with Crippen LogP contribution in [0.3, 0.4) is 0 Å². The third-order valence-corrected chi connectivity index (χ3v) is 4.09. The summed E-state index contributed by atoms with van der Waals surface area (Å²) >= 11 is 12.0. The molecule has 1 atom stereocenters. The number of hydrogen-bond donors (Lipinski definition) is 1. The summed E-state index contributed by atoms with van der Waals surface area (Å²) in [5, 5.41) is 4.86. The maximum absolute atomic E-state index is 6.07. The molecule has 0 saturated carbocycles. The molecule has 0 aliphatic rings. The number of hydrogen-bond acceptors (Lipinski definition) is 1. The van der Waals surface area contributed by atoms with Gasteiger partial charge in [-0.1, -0.05) is 62.9 Å². The highest BCUT2D eigenvalue weighted by Crippen LogP contribution is 2.26. The van der Waals surface area contributed by atoms with Crippen molar-refractivity contribution in [2.75, 3.05) is 6.54 Å². The molecule has 1 rings (SSSR count). The van der Waals surface area contributed by atoms with Gasteiger partial charge < -0.3 is 5.32 Å². The Labute approximate surface area is 127 Å². The number of halogens is 2. The van der Waals surface area contributed by atoms with Gasteiger partial charge in [0.25, 0.3) is 0 Å². The Kier molecular flexibility index (Phi) is 7.82. The first-order valence-electron chi connectivity index (χ1n) is 7.23. The molecule has 0 radical (unpaired) electrons. The van der Waals surface area contributed by atoms with E-state index in [0.29, 0.717) is 16.1 Å². The van der Waals surface area contributed by atoms with Gasteiger partial charge in [0.15, 0.2) is 0 Å². The Bertz CT molecular complexity index is 377. The van der Waals surface area contributed by atoms with Crippen molar-refractivity contribution < 1.29 is 0 Å². The molecule has 1 unspecified atom stereocenters. The lowest BCUT2D eigenvalue weighted by Crippen LogP contribution is -2.22. The lowest BCUT2D eigenvalue weighted by molar-refractivity contribution is 0.476. The molecule has 19 heavy (non-hydrogen) atoms. The van der Waals surface area contributed by atoms with Gasteiger partial charge in [0.2, 0.25) is 0 Å². The fourth-order valence-electron chi connectivity index (χ4n) is 2.18. The Hall–Kier alpha value is -0.240. The highest BCUT2D eigenvalue weighted by molar-refractivity contribution is 6.42. The van der Waals surface area contributed by atoms with Crippen LogP contribution in [-0.4, -0.2) is 6.54 Å². The summed E-state index contributed by atoms with van der Waals surface area (Å²) < 4.78 is 0. The first-order valence-corrected chi connectivity index (χ1v) is 7.98. The molecule has 0 fully saturated rings. The van der Waals surface area contributed by atoms with Crippen LogP contribution in [0.2, 0.25) is 10.0 Å². The predicted molar refractivity (Wildman–Crippen MR) is 86.2 cm³/mol. The summed E-state index contributed by atoms with van der Waals surface area (Å²) in [7, 11) is 0. The van der Waals surface area contributed by atoms with Crippen LogP contribution in [0, 0.1) is 5.92 Å². The Balaban J connectivity index is 2.42. The molecule has 108 valence electrons. The van der Waals surface area contributed by atoms with Gasteiger partial charge in [-0.05, 0) is 43.0 Å². The monoisotopic (exact) mass is 301 g/mol. The molecule has 3 heteroatoms. The molecule has 0 aliphatic heterocycles. The van der Waals surface area contributed by atoms with Gasteiger partial charge in [-0.25, -0.2) is 0 Å². The molecule has 0 heterocycles. The normalized spacial score (nSPS) is 12.9. The third kappa shape index (κ3) is 6.16. The fourth-order valence-corrected chi connectivity index (χ4v) is 2.49. The lowest BCUT2D eigenvalue weighted by atomic mass is 10.0. The molecule has 0 amide bonds. The maximum Gasteiger partial charge on any atom is 0.0595 e. The Morgan fingerprint density at radius 1 is 1.11 bits per heavy atom. The largest absolute Gasteiger partial charge is 0.310 e. The van der Waals surface area contributed by atoms with Crippen LogP contribution in [0.15, 0.2) is 18.2 Å². The fraction of sp³-hybridized carbons (Fsp3) is 0.625. The first kappa shape index (κ1) is 16.8. The van der Waals surface area contributed by atoms with Crippen LogP contribution in [0.1, 0.15) is 58.1 Å². The van der Waals surface area contributed by atoms with Crippen LogP contribution in [0.5, 0.6) is 0 Å². The molecular formula is C16H25Cl2N. The first-order chi connectivity index (χ1) is 9.04. The molecule has 0 aliphatic carbocycles. The van der Waals surface area contributed by atoms with E-state index in [-0.39, 0.29) is 0 Å². The van der Waals surface area contributed by atoms with E-state index in [1.807, 2.05) is 12.1 Å². The summed E-state index contributed by atoms with van der Waals surface area (Å²) in [5.41, 5.74) is 1.22. The van der Waals surface area contributed by atoms with Gasteiger partial charge in [0, 0.05) is 6.04 Å². The molecule has 0 spiro atoms. The quantitative estimate of drug-likeness (QED) is 0.593. The molecule has 0 aromatic heterocycles. The zero-order chi connectivity index (χ0) is 14.3. The van der Waals surface area contributed by atoms with E-state index < -0.39 is 0 Å². The van der Waals surface area contributed by atoms with E-state index in [0.717, 1.165) is 18.9 Å². The number of benzene rings is 1. The molecular weight excluding hydrogens is 277 g/mol. The smallest absolute Gasteiger partial charge is 0.0595 e. The standard InChI is InChI=1S/C16H25Cl2N/c1-4-16(19-10-6-5-7-12(2)3)13-8-9-14(17)15(18)11-13/h8-9,11-12,16,19H,4-7,10H2,1-3H3. The molecule has 1 aromatic rings. The molecule has 1 aromatic carbocycles. The van der Waals surface area contributed by atoms with Gasteiger partial charge in [-0.3, -0.25) is 0 Å². The highest BCUT2D eigenvalue weighted by Gasteiger charge is 2.10. The Morgan fingerprint density at radius 2 is 1.84 bits per heavy atom. The van der Waals surface area contributed by atoms with Gasteiger partial charge in [-0.2, -0.15) is 0 Å². The zero-order valence-electron chi connectivity index (χ0n) is 12.2. The molecule has 0 saturated heterocycles. The number of nitrogens with one attached hydrogen (secondary N) is 1. The number of rotatable bonds is 8.